The van der Waals surface area contributed by atoms with Crippen molar-refractivity contribution in [3.8, 4) is 6.07 Å². The molecule has 1 aliphatic heterocycles. The van der Waals surface area contributed by atoms with E-state index in [-0.39, 0.29) is 39.9 Å². The predicted octanol–water partition coefficient (Wildman–Crippen LogP) is 2.31. The Balaban J connectivity index is 1.75. The summed E-state index contributed by atoms with van der Waals surface area (Å²) < 4.78 is 0. The smallest absolute Gasteiger partial charge is 0.213 e. The highest BCUT2D eigenvalue weighted by Gasteiger charge is 2.45. The van der Waals surface area contributed by atoms with Gasteiger partial charge in [0.1, 0.15) is 5.69 Å². The zero-order chi connectivity index (χ0) is 19.4. The zero-order valence-corrected chi connectivity index (χ0v) is 14.7. The number of hydrogen-bond donors (Lipinski definition) is 2. The van der Waals surface area contributed by atoms with E-state index in [9.17, 15) is 14.4 Å². The number of ketones is 3. The molecule has 1 unspecified atom stereocenters. The average Bonchev–Trinajstić information content (AvgIpc) is 3.21. The number of fused-ring (bicyclic) bond motifs is 1. The van der Waals surface area contributed by atoms with E-state index in [0.717, 1.165) is 0 Å². The molecule has 1 aromatic heterocycles. The third-order valence-corrected chi connectivity index (χ3v) is 5.53. The third-order valence-electron chi connectivity index (χ3n) is 5.53. The van der Waals surface area contributed by atoms with E-state index in [4.69, 9.17) is 5.26 Å². The lowest BCUT2D eigenvalue weighted by atomic mass is 9.71. The van der Waals surface area contributed by atoms with Gasteiger partial charge >= 0.3 is 0 Å². The minimum Gasteiger partial charge on any atom is -0.355 e. The highest BCUT2D eigenvalue weighted by molar-refractivity contribution is 6.27. The van der Waals surface area contributed by atoms with Gasteiger partial charge in [-0.3, -0.25) is 19.5 Å². The van der Waals surface area contributed by atoms with Gasteiger partial charge in [-0.2, -0.15) is 10.4 Å². The lowest BCUT2D eigenvalue weighted by Crippen LogP contribution is -2.39. The summed E-state index contributed by atoms with van der Waals surface area (Å²) in [7, 11) is 0. The van der Waals surface area contributed by atoms with Crippen LogP contribution in [0.15, 0.2) is 53.0 Å². The molecule has 2 aliphatic carbocycles. The van der Waals surface area contributed by atoms with Gasteiger partial charge in [-0.05, 0) is 30.5 Å². The minimum absolute atomic E-state index is 0.0229. The number of nitrogens with zero attached hydrogens (tertiary/aromatic N) is 2. The predicted molar refractivity (Wildman–Crippen MR) is 97.2 cm³/mol. The Kier molecular flexibility index (Phi) is 3.43. The Morgan fingerprint density at radius 3 is 2.57 bits per heavy atom. The first kappa shape index (κ1) is 16.4. The Labute approximate surface area is 159 Å². The molecule has 0 fully saturated rings. The summed E-state index contributed by atoms with van der Waals surface area (Å²) in [6.45, 7) is 0. The maximum Gasteiger partial charge on any atom is 0.213 e. The van der Waals surface area contributed by atoms with Gasteiger partial charge in [0.05, 0.1) is 29.1 Å². The van der Waals surface area contributed by atoms with Crippen molar-refractivity contribution in [1.29, 1.82) is 5.26 Å². The molecule has 28 heavy (non-hydrogen) atoms. The molecule has 0 spiro atoms. The molecular formula is C21H14N4O3. The van der Waals surface area contributed by atoms with Gasteiger partial charge in [-0.15, -0.1) is 0 Å². The summed E-state index contributed by atoms with van der Waals surface area (Å²) >= 11 is 0. The maximum atomic E-state index is 13.2. The number of aromatic nitrogens is 2. The molecule has 5 rings (SSSR count). The third kappa shape index (κ3) is 2.15. The molecule has 2 N–H and O–H groups in total. The van der Waals surface area contributed by atoms with E-state index >= 15 is 0 Å². The molecular weight excluding hydrogens is 356 g/mol. The van der Waals surface area contributed by atoms with Crippen LogP contribution in [0, 0.1) is 11.3 Å². The summed E-state index contributed by atoms with van der Waals surface area (Å²) in [5.41, 5.74) is 3.31. The molecule has 1 atom stereocenters. The monoisotopic (exact) mass is 370 g/mol. The van der Waals surface area contributed by atoms with Crippen LogP contribution in [0.3, 0.4) is 0 Å². The fraction of sp³-hybridized carbons (Fsp3) is 0.190. The Hall–Kier alpha value is -3.79. The number of H-pyrrole nitrogens is 1. The SMILES string of the molecule is N#Cc1ccc(C2C3=C(CCCC3=O)NC3=C2C(=O)c2[nH]ncc2C3=O)cc1. The second-order valence-electron chi connectivity index (χ2n) is 7.07. The number of dihydropyridines is 1. The van der Waals surface area contributed by atoms with Crippen LogP contribution in [0.1, 0.15) is 57.2 Å². The molecule has 1 aromatic carbocycles. The van der Waals surface area contributed by atoms with Crippen molar-refractivity contribution < 1.29 is 14.4 Å². The number of aromatic amines is 1. The summed E-state index contributed by atoms with van der Waals surface area (Å²) in [5, 5.41) is 18.6. The fourth-order valence-corrected chi connectivity index (χ4v) is 4.24. The summed E-state index contributed by atoms with van der Waals surface area (Å²) in [6.07, 6.45) is 3.11. The van der Waals surface area contributed by atoms with Crippen LogP contribution < -0.4 is 5.32 Å². The standard InChI is InChI=1S/C21H14N4O3/c22-8-10-4-6-11(7-5-10)15-16-13(2-1-3-14(16)26)24-19-17(15)21(28)18-12(20(19)27)9-23-25-18/h4-7,9,15,24H,1-3H2,(H,23,25). The first-order chi connectivity index (χ1) is 13.6. The highest BCUT2D eigenvalue weighted by Crippen LogP contribution is 2.45. The van der Waals surface area contributed by atoms with Gasteiger partial charge in [0.15, 0.2) is 5.78 Å². The quantitative estimate of drug-likeness (QED) is 0.796. The number of allylic oxidation sites excluding steroid dienone is 4. The lowest BCUT2D eigenvalue weighted by Gasteiger charge is -2.36. The fourth-order valence-electron chi connectivity index (χ4n) is 4.24. The topological polar surface area (TPSA) is 116 Å². The first-order valence-corrected chi connectivity index (χ1v) is 9.00. The van der Waals surface area contributed by atoms with Crippen molar-refractivity contribution in [3.63, 3.8) is 0 Å². The normalized spacial score (nSPS) is 21.0. The summed E-state index contributed by atoms with van der Waals surface area (Å²) in [4.78, 5) is 39.1. The first-order valence-electron chi connectivity index (χ1n) is 9.00. The van der Waals surface area contributed by atoms with Crippen molar-refractivity contribution in [3.05, 3.63) is 75.4 Å². The molecule has 0 radical (unpaired) electrons. The van der Waals surface area contributed by atoms with E-state index in [2.05, 4.69) is 21.6 Å². The second kappa shape index (κ2) is 5.86. The number of carbonyl (C=O) groups excluding carboxylic acids is 3. The largest absolute Gasteiger partial charge is 0.355 e. The van der Waals surface area contributed by atoms with Gasteiger partial charge < -0.3 is 5.32 Å². The molecule has 0 bridgehead atoms. The van der Waals surface area contributed by atoms with E-state index in [1.807, 2.05) is 0 Å². The summed E-state index contributed by atoms with van der Waals surface area (Å²) in [5.74, 6) is -1.31. The molecule has 0 saturated carbocycles. The lowest BCUT2D eigenvalue weighted by molar-refractivity contribution is -0.116. The number of benzene rings is 1. The van der Waals surface area contributed by atoms with Crippen LogP contribution in [0.25, 0.3) is 0 Å². The number of rotatable bonds is 1. The van der Waals surface area contributed by atoms with Gasteiger partial charge in [-0.1, -0.05) is 12.1 Å². The van der Waals surface area contributed by atoms with Crippen molar-refractivity contribution in [1.82, 2.24) is 15.5 Å². The molecule has 0 saturated heterocycles. The van der Waals surface area contributed by atoms with Crippen molar-refractivity contribution in [2.24, 2.45) is 0 Å². The molecule has 2 heterocycles. The van der Waals surface area contributed by atoms with Crippen LogP contribution in [-0.4, -0.2) is 27.5 Å². The van der Waals surface area contributed by atoms with Gasteiger partial charge in [0, 0.05) is 29.2 Å². The van der Waals surface area contributed by atoms with Crippen LogP contribution in [0.2, 0.25) is 0 Å². The number of nitriles is 1. The number of hydrogen-bond acceptors (Lipinski definition) is 6. The number of carbonyl (C=O) groups is 3. The molecule has 7 heteroatoms. The van der Waals surface area contributed by atoms with Crippen LogP contribution >= 0.6 is 0 Å². The van der Waals surface area contributed by atoms with E-state index in [1.54, 1.807) is 24.3 Å². The maximum absolute atomic E-state index is 13.2. The average molecular weight is 370 g/mol. The van der Waals surface area contributed by atoms with Crippen LogP contribution in [0.4, 0.5) is 0 Å². The van der Waals surface area contributed by atoms with E-state index in [1.165, 1.54) is 6.20 Å². The van der Waals surface area contributed by atoms with E-state index < -0.39 is 5.92 Å². The molecule has 136 valence electrons. The van der Waals surface area contributed by atoms with Gasteiger partial charge in [0.2, 0.25) is 11.6 Å². The molecule has 0 amide bonds. The van der Waals surface area contributed by atoms with Gasteiger partial charge in [-0.25, -0.2) is 0 Å². The number of nitrogens with one attached hydrogen (secondary N) is 2. The Morgan fingerprint density at radius 1 is 1.04 bits per heavy atom. The zero-order valence-electron chi connectivity index (χ0n) is 14.7. The Morgan fingerprint density at radius 2 is 1.82 bits per heavy atom. The van der Waals surface area contributed by atoms with Crippen molar-refractivity contribution in [2.75, 3.05) is 0 Å². The van der Waals surface area contributed by atoms with Crippen LogP contribution in [0.5, 0.6) is 0 Å². The molecule has 7 nitrogen and oxygen atoms in total. The second-order valence-corrected chi connectivity index (χ2v) is 7.07. The minimum atomic E-state index is -0.639. The number of Topliss-reactive ketones (excluding diaryl/α,β-unsaturated/α-hetero) is 3. The van der Waals surface area contributed by atoms with E-state index in [0.29, 0.717) is 41.7 Å². The molecule has 2 aromatic rings. The highest BCUT2D eigenvalue weighted by atomic mass is 16.1. The Bertz CT molecular complexity index is 1170. The van der Waals surface area contributed by atoms with Gasteiger partial charge in [0.25, 0.3) is 0 Å². The van der Waals surface area contributed by atoms with Crippen molar-refractivity contribution >= 4 is 17.3 Å². The molecule has 3 aliphatic rings. The van der Waals surface area contributed by atoms with Crippen molar-refractivity contribution in [2.45, 2.75) is 25.2 Å². The summed E-state index contributed by atoms with van der Waals surface area (Å²) in [6, 6.07) is 8.86. The van der Waals surface area contributed by atoms with Crippen LogP contribution in [-0.2, 0) is 4.79 Å².